The summed E-state index contributed by atoms with van der Waals surface area (Å²) in [6.45, 7) is 1.76. The van der Waals surface area contributed by atoms with E-state index in [2.05, 4.69) is 34.6 Å². The maximum atomic E-state index is 12.8. The van der Waals surface area contributed by atoms with Gasteiger partial charge in [0.15, 0.2) is 0 Å². The third kappa shape index (κ3) is 4.67. The predicted octanol–water partition coefficient (Wildman–Crippen LogP) is 5.44. The van der Waals surface area contributed by atoms with E-state index < -0.39 is 6.09 Å². The number of piperidine rings is 1. The van der Waals surface area contributed by atoms with Crippen molar-refractivity contribution in [2.75, 3.05) is 25.0 Å². The van der Waals surface area contributed by atoms with Gasteiger partial charge in [0, 0.05) is 36.1 Å². The maximum Gasteiger partial charge on any atom is 0.411 e. The lowest BCUT2D eigenvalue weighted by Gasteiger charge is -2.26. The number of H-pyrrole nitrogens is 1. The molecule has 192 valence electrons. The first kappa shape index (κ1) is 24.0. The molecule has 2 heterocycles. The quantitative estimate of drug-likeness (QED) is 0.376. The van der Waals surface area contributed by atoms with Crippen LogP contribution in [0.15, 0.2) is 77.6 Å². The Bertz CT molecular complexity index is 1540. The van der Waals surface area contributed by atoms with Gasteiger partial charge in [0.25, 0.3) is 0 Å². The number of anilines is 1. The number of carbonyl (C=O) groups excluding carboxylic acids is 2. The molecule has 1 saturated heterocycles. The van der Waals surface area contributed by atoms with Crippen molar-refractivity contribution in [3.05, 3.63) is 99.8 Å². The maximum absolute atomic E-state index is 12.8. The Labute approximate surface area is 220 Å². The molecule has 1 aliphatic heterocycles. The monoisotopic (exact) mass is 507 g/mol. The van der Waals surface area contributed by atoms with Crippen LogP contribution in [0.4, 0.5) is 10.5 Å². The summed E-state index contributed by atoms with van der Waals surface area (Å²) >= 11 is 0. The molecule has 7 nitrogen and oxygen atoms in total. The van der Waals surface area contributed by atoms with Gasteiger partial charge in [-0.2, -0.15) is 0 Å². The standard InChI is InChI=1S/C31H29N3O4/c35-29-16-20(17-30(36)34-14-6-1-7-15-34)22-13-12-21(18-28(22)33-29)32-31(37)38-19-27-25-10-4-2-8-23(25)24-9-3-5-11-26(24)27/h2-5,8-13,16,18,27H,1,6-7,14-15,17,19H2,(H,32,37)(H,33,35). The van der Waals surface area contributed by atoms with Gasteiger partial charge < -0.3 is 14.6 Å². The Hall–Kier alpha value is -4.39. The van der Waals surface area contributed by atoms with Crippen molar-refractivity contribution >= 4 is 28.6 Å². The highest BCUT2D eigenvalue weighted by molar-refractivity contribution is 5.93. The molecule has 7 heteroatoms. The summed E-state index contributed by atoms with van der Waals surface area (Å²) in [4.78, 5) is 42.6. The van der Waals surface area contributed by atoms with Gasteiger partial charge in [-0.25, -0.2) is 4.79 Å². The first-order valence-electron chi connectivity index (χ1n) is 13.1. The summed E-state index contributed by atoms with van der Waals surface area (Å²) in [6, 6.07) is 23.2. The first-order valence-corrected chi connectivity index (χ1v) is 13.1. The molecule has 1 aromatic heterocycles. The lowest BCUT2D eigenvalue weighted by Crippen LogP contribution is -2.36. The van der Waals surface area contributed by atoms with Crippen molar-refractivity contribution in [2.24, 2.45) is 0 Å². The van der Waals surface area contributed by atoms with Crippen LogP contribution in [0, 0.1) is 0 Å². The van der Waals surface area contributed by atoms with E-state index >= 15 is 0 Å². The summed E-state index contributed by atoms with van der Waals surface area (Å²) < 4.78 is 5.65. The van der Waals surface area contributed by atoms with Crippen molar-refractivity contribution in [3.63, 3.8) is 0 Å². The normalized spacial score (nSPS) is 14.7. The summed E-state index contributed by atoms with van der Waals surface area (Å²) in [6.07, 6.45) is 2.81. The van der Waals surface area contributed by atoms with Crippen LogP contribution in [0.1, 0.15) is 41.9 Å². The molecule has 0 radical (unpaired) electrons. The van der Waals surface area contributed by atoms with Crippen molar-refractivity contribution in [1.29, 1.82) is 0 Å². The Morgan fingerprint density at radius 1 is 0.895 bits per heavy atom. The van der Waals surface area contributed by atoms with Crippen LogP contribution < -0.4 is 10.9 Å². The minimum Gasteiger partial charge on any atom is -0.448 e. The zero-order valence-electron chi connectivity index (χ0n) is 21.0. The summed E-state index contributed by atoms with van der Waals surface area (Å²) in [5, 5.41) is 3.56. The number of aromatic amines is 1. The molecule has 0 bridgehead atoms. The second-order valence-electron chi connectivity index (χ2n) is 9.99. The topological polar surface area (TPSA) is 91.5 Å². The van der Waals surface area contributed by atoms with Gasteiger partial charge in [-0.3, -0.25) is 14.9 Å². The first-order chi connectivity index (χ1) is 18.6. The second kappa shape index (κ2) is 10.2. The highest BCUT2D eigenvalue weighted by Crippen LogP contribution is 2.44. The minimum absolute atomic E-state index is 0.0268. The molecular weight excluding hydrogens is 478 g/mol. The summed E-state index contributed by atoms with van der Waals surface area (Å²) in [7, 11) is 0. The highest BCUT2D eigenvalue weighted by atomic mass is 16.5. The Balaban J connectivity index is 1.16. The molecule has 1 aliphatic carbocycles. The third-order valence-corrected chi connectivity index (χ3v) is 7.57. The van der Waals surface area contributed by atoms with Gasteiger partial charge in [-0.05, 0) is 59.2 Å². The number of aromatic nitrogens is 1. The average Bonchev–Trinajstić information content (AvgIpc) is 3.26. The number of nitrogens with one attached hydrogen (secondary N) is 2. The van der Waals surface area contributed by atoms with Crippen LogP contribution >= 0.6 is 0 Å². The van der Waals surface area contributed by atoms with Crippen LogP contribution in [0.3, 0.4) is 0 Å². The fourth-order valence-corrected chi connectivity index (χ4v) is 5.73. The molecule has 0 spiro atoms. The number of rotatable bonds is 5. The second-order valence-corrected chi connectivity index (χ2v) is 9.99. The molecule has 1 fully saturated rings. The minimum atomic E-state index is -0.565. The number of ether oxygens (including phenoxy) is 1. The number of benzene rings is 3. The Morgan fingerprint density at radius 3 is 2.29 bits per heavy atom. The molecule has 38 heavy (non-hydrogen) atoms. The van der Waals surface area contributed by atoms with Crippen molar-refractivity contribution in [1.82, 2.24) is 9.88 Å². The summed E-state index contributed by atoms with van der Waals surface area (Å²) in [5.74, 6) is 0.0125. The molecule has 0 saturated carbocycles. The van der Waals surface area contributed by atoms with E-state index in [9.17, 15) is 14.4 Å². The van der Waals surface area contributed by atoms with Crippen LogP contribution in [-0.4, -0.2) is 41.6 Å². The number of likely N-dealkylation sites (tertiary alicyclic amines) is 1. The number of fused-ring (bicyclic) bond motifs is 4. The van der Waals surface area contributed by atoms with Crippen molar-refractivity contribution in [2.45, 2.75) is 31.6 Å². The fraction of sp³-hybridized carbons (Fsp3) is 0.258. The van der Waals surface area contributed by atoms with E-state index in [0.29, 0.717) is 16.8 Å². The molecule has 0 unspecified atom stereocenters. The van der Waals surface area contributed by atoms with Gasteiger partial charge in [0.2, 0.25) is 11.5 Å². The van der Waals surface area contributed by atoms with Gasteiger partial charge in [0.05, 0.1) is 11.9 Å². The number of hydrogen-bond donors (Lipinski definition) is 2. The number of hydrogen-bond acceptors (Lipinski definition) is 4. The van der Waals surface area contributed by atoms with E-state index in [0.717, 1.165) is 48.9 Å². The third-order valence-electron chi connectivity index (χ3n) is 7.57. The van der Waals surface area contributed by atoms with E-state index in [1.807, 2.05) is 35.2 Å². The molecule has 3 aromatic carbocycles. The predicted molar refractivity (Wildman–Crippen MR) is 147 cm³/mol. The van der Waals surface area contributed by atoms with Crippen LogP contribution in [-0.2, 0) is 16.0 Å². The van der Waals surface area contributed by atoms with Crippen molar-refractivity contribution in [3.8, 4) is 11.1 Å². The Morgan fingerprint density at radius 2 is 1.58 bits per heavy atom. The number of pyridine rings is 1. The number of nitrogens with zero attached hydrogens (tertiary/aromatic N) is 1. The van der Waals surface area contributed by atoms with E-state index in [1.165, 1.54) is 17.2 Å². The molecular formula is C31H29N3O4. The average molecular weight is 508 g/mol. The largest absolute Gasteiger partial charge is 0.448 e. The van der Waals surface area contributed by atoms with Crippen LogP contribution in [0.25, 0.3) is 22.0 Å². The van der Waals surface area contributed by atoms with Gasteiger partial charge in [0.1, 0.15) is 6.61 Å². The lowest BCUT2D eigenvalue weighted by atomic mass is 9.98. The van der Waals surface area contributed by atoms with Crippen molar-refractivity contribution < 1.29 is 14.3 Å². The zero-order valence-corrected chi connectivity index (χ0v) is 21.0. The van der Waals surface area contributed by atoms with E-state index in [-0.39, 0.29) is 30.4 Å². The highest BCUT2D eigenvalue weighted by Gasteiger charge is 2.29. The zero-order chi connectivity index (χ0) is 26.1. The van der Waals surface area contributed by atoms with E-state index in [1.54, 1.807) is 12.1 Å². The number of carbonyl (C=O) groups is 2. The van der Waals surface area contributed by atoms with Gasteiger partial charge >= 0.3 is 6.09 Å². The Kier molecular flexibility index (Phi) is 6.42. The molecule has 2 amide bonds. The molecule has 6 rings (SSSR count). The molecule has 0 atom stereocenters. The number of amides is 2. The van der Waals surface area contributed by atoms with Gasteiger partial charge in [-0.15, -0.1) is 0 Å². The van der Waals surface area contributed by atoms with E-state index in [4.69, 9.17) is 4.74 Å². The van der Waals surface area contributed by atoms with Gasteiger partial charge in [-0.1, -0.05) is 54.6 Å². The smallest absolute Gasteiger partial charge is 0.411 e. The summed E-state index contributed by atoms with van der Waals surface area (Å²) in [5.41, 5.74) is 6.12. The molecule has 4 aromatic rings. The molecule has 2 aliphatic rings. The van der Waals surface area contributed by atoms with Crippen LogP contribution in [0.5, 0.6) is 0 Å². The lowest BCUT2D eigenvalue weighted by molar-refractivity contribution is -0.131. The molecule has 2 N–H and O–H groups in total. The fourth-order valence-electron chi connectivity index (χ4n) is 5.73. The van der Waals surface area contributed by atoms with Crippen LogP contribution in [0.2, 0.25) is 0 Å². The SMILES string of the molecule is O=C(Nc1ccc2c(CC(=O)N3CCCCC3)cc(=O)[nH]c2c1)OCC1c2ccccc2-c2ccccc21.